The number of carbonyl (C=O) groups is 2. The summed E-state index contributed by atoms with van der Waals surface area (Å²) in [6.07, 6.45) is 0.624. The maximum absolute atomic E-state index is 12.3. The van der Waals surface area contributed by atoms with Crippen LogP contribution in [0, 0.1) is 6.92 Å². The van der Waals surface area contributed by atoms with E-state index in [2.05, 4.69) is 0 Å². The molecule has 0 spiro atoms. The second-order valence-corrected chi connectivity index (χ2v) is 6.57. The van der Waals surface area contributed by atoms with Crippen LogP contribution in [0.3, 0.4) is 0 Å². The minimum Gasteiger partial charge on any atom is -0.480 e. The van der Waals surface area contributed by atoms with Crippen LogP contribution in [0.25, 0.3) is 0 Å². The van der Waals surface area contributed by atoms with Crippen molar-refractivity contribution in [3.63, 3.8) is 0 Å². The number of carbonyl (C=O) groups excluding carboxylic acids is 1. The zero-order valence-electron chi connectivity index (χ0n) is 11.8. The van der Waals surface area contributed by atoms with Crippen LogP contribution in [0.15, 0.2) is 24.0 Å². The first-order valence-corrected chi connectivity index (χ1v) is 7.03. The van der Waals surface area contributed by atoms with Crippen LogP contribution in [0.4, 0.5) is 0 Å². The molecule has 1 unspecified atom stereocenters. The Bertz CT molecular complexity index is 588. The Kier molecular flexibility index (Phi) is 3.60. The molecular formula is C14H17NO4S. The fourth-order valence-corrected chi connectivity index (χ4v) is 2.96. The summed E-state index contributed by atoms with van der Waals surface area (Å²) in [6.45, 7) is 6.64. The Balaban J connectivity index is 2.49. The predicted molar refractivity (Wildman–Crippen MR) is 75.2 cm³/mol. The van der Waals surface area contributed by atoms with Crippen LogP contribution in [-0.4, -0.2) is 27.4 Å². The van der Waals surface area contributed by atoms with Gasteiger partial charge >= 0.3 is 5.97 Å². The largest absolute Gasteiger partial charge is 0.480 e. The number of carboxylic acids is 1. The summed E-state index contributed by atoms with van der Waals surface area (Å²) in [5, 5.41) is 9.38. The van der Waals surface area contributed by atoms with E-state index in [0.29, 0.717) is 5.76 Å². The van der Waals surface area contributed by atoms with Crippen LogP contribution in [0.5, 0.6) is 0 Å². The molecule has 1 aromatic heterocycles. The van der Waals surface area contributed by atoms with Gasteiger partial charge in [0.05, 0.1) is 4.88 Å². The van der Waals surface area contributed by atoms with Gasteiger partial charge in [-0.15, -0.1) is 11.3 Å². The summed E-state index contributed by atoms with van der Waals surface area (Å²) in [6, 6.07) is 3.79. The molecule has 1 aliphatic rings. The van der Waals surface area contributed by atoms with Crippen LogP contribution < -0.4 is 0 Å². The molecule has 6 heteroatoms. The van der Waals surface area contributed by atoms with E-state index in [0.717, 1.165) is 9.75 Å². The van der Waals surface area contributed by atoms with Crippen molar-refractivity contribution in [2.24, 2.45) is 0 Å². The first-order chi connectivity index (χ1) is 9.23. The zero-order chi connectivity index (χ0) is 15.1. The molecule has 1 aromatic rings. The Labute approximate surface area is 121 Å². The zero-order valence-corrected chi connectivity index (χ0v) is 12.7. The van der Waals surface area contributed by atoms with Gasteiger partial charge < -0.3 is 9.84 Å². The molecule has 1 amide bonds. The fraction of sp³-hybridized carbons (Fsp3) is 0.429. The van der Waals surface area contributed by atoms with Crippen LogP contribution in [0.1, 0.15) is 36.8 Å². The molecule has 5 nitrogen and oxygen atoms in total. The molecule has 1 N–H and O–H groups in total. The number of rotatable bonds is 3. The molecule has 0 fully saturated rings. The minimum absolute atomic E-state index is 0.350. The van der Waals surface area contributed by atoms with Crippen molar-refractivity contribution in [2.75, 3.05) is 0 Å². The normalized spacial score (nSPS) is 19.6. The first kappa shape index (κ1) is 14.6. The van der Waals surface area contributed by atoms with E-state index in [-0.39, 0.29) is 5.91 Å². The molecule has 0 saturated carbocycles. The lowest BCUT2D eigenvalue weighted by Gasteiger charge is -2.42. The number of aryl methyl sites for hydroxylation is 1. The predicted octanol–water partition coefficient (Wildman–Crippen LogP) is 2.68. The van der Waals surface area contributed by atoms with Crippen LogP contribution in [0.2, 0.25) is 0 Å². The molecule has 1 atom stereocenters. The molecule has 108 valence electrons. The lowest BCUT2D eigenvalue weighted by molar-refractivity contribution is -0.171. The molecule has 2 heterocycles. The number of hydrogen-bond acceptors (Lipinski definition) is 4. The number of thiophene rings is 1. The van der Waals surface area contributed by atoms with Gasteiger partial charge in [-0.2, -0.15) is 0 Å². The summed E-state index contributed by atoms with van der Waals surface area (Å²) < 4.78 is 5.72. The summed E-state index contributed by atoms with van der Waals surface area (Å²) in [5.74, 6) is -0.929. The molecule has 0 bridgehead atoms. The Morgan fingerprint density at radius 1 is 1.40 bits per heavy atom. The van der Waals surface area contributed by atoms with Gasteiger partial charge in [0, 0.05) is 11.0 Å². The monoisotopic (exact) mass is 295 g/mol. The highest BCUT2D eigenvalue weighted by Crippen LogP contribution is 2.37. The maximum atomic E-state index is 12.3. The molecular weight excluding hydrogens is 278 g/mol. The molecule has 0 aromatic carbocycles. The summed E-state index contributed by atoms with van der Waals surface area (Å²) in [7, 11) is 0. The van der Waals surface area contributed by atoms with Crippen molar-refractivity contribution >= 4 is 23.2 Å². The number of allylic oxidation sites excluding steroid dienone is 1. The van der Waals surface area contributed by atoms with E-state index < -0.39 is 17.7 Å². The van der Waals surface area contributed by atoms with Crippen LogP contribution >= 0.6 is 11.3 Å². The van der Waals surface area contributed by atoms with Crippen LogP contribution in [-0.2, 0) is 14.3 Å². The highest BCUT2D eigenvalue weighted by atomic mass is 32.1. The van der Waals surface area contributed by atoms with E-state index in [1.165, 1.54) is 36.2 Å². The Hall–Kier alpha value is -1.82. The van der Waals surface area contributed by atoms with Gasteiger partial charge in [0.25, 0.3) is 5.91 Å². The van der Waals surface area contributed by atoms with E-state index in [4.69, 9.17) is 4.74 Å². The molecule has 2 rings (SSSR count). The third-order valence-corrected chi connectivity index (χ3v) is 4.26. The standard InChI is InChI=1S/C14H17NO4S/c1-8-7-11(16)15(14(3,4)13(17)18)12(19-8)10-6-5-9(2)20-10/h5-7,12H,1-4H3,(H,17,18). The van der Waals surface area contributed by atoms with Crippen molar-refractivity contribution in [1.82, 2.24) is 4.90 Å². The SMILES string of the molecule is CC1=CC(=O)N(C(C)(C)C(=O)O)C(c2ccc(C)s2)O1. The third-order valence-electron chi connectivity index (χ3n) is 3.23. The van der Waals surface area contributed by atoms with Crippen molar-refractivity contribution in [2.45, 2.75) is 39.5 Å². The van der Waals surface area contributed by atoms with Crippen molar-refractivity contribution < 1.29 is 19.4 Å². The van der Waals surface area contributed by atoms with E-state index in [1.807, 2.05) is 19.1 Å². The molecule has 20 heavy (non-hydrogen) atoms. The lowest BCUT2D eigenvalue weighted by atomic mass is 10.0. The average molecular weight is 295 g/mol. The number of amides is 1. The number of nitrogens with zero attached hydrogens (tertiary/aromatic N) is 1. The highest BCUT2D eigenvalue weighted by Gasteiger charge is 2.45. The van der Waals surface area contributed by atoms with E-state index in [9.17, 15) is 14.7 Å². The number of carboxylic acid groups (broad SMARTS) is 1. The molecule has 0 aliphatic carbocycles. The summed E-state index contributed by atoms with van der Waals surface area (Å²) in [5.41, 5.74) is -1.35. The average Bonchev–Trinajstić information content (AvgIpc) is 2.74. The lowest BCUT2D eigenvalue weighted by Crippen LogP contribution is -2.55. The topological polar surface area (TPSA) is 66.8 Å². The first-order valence-electron chi connectivity index (χ1n) is 6.21. The maximum Gasteiger partial charge on any atom is 0.329 e. The van der Waals surface area contributed by atoms with Gasteiger partial charge in [-0.05, 0) is 39.8 Å². The molecule has 0 radical (unpaired) electrons. The highest BCUT2D eigenvalue weighted by molar-refractivity contribution is 7.12. The Morgan fingerprint density at radius 3 is 2.55 bits per heavy atom. The van der Waals surface area contributed by atoms with Gasteiger partial charge in [-0.1, -0.05) is 0 Å². The van der Waals surface area contributed by atoms with Crippen molar-refractivity contribution in [3.8, 4) is 0 Å². The molecule has 1 aliphatic heterocycles. The third kappa shape index (κ3) is 2.43. The fourth-order valence-electron chi connectivity index (χ4n) is 2.06. The van der Waals surface area contributed by atoms with Gasteiger partial charge in [0.1, 0.15) is 11.3 Å². The van der Waals surface area contributed by atoms with E-state index >= 15 is 0 Å². The van der Waals surface area contributed by atoms with Crippen molar-refractivity contribution in [3.05, 3.63) is 33.7 Å². The molecule has 0 saturated heterocycles. The summed E-state index contributed by atoms with van der Waals surface area (Å²) in [4.78, 5) is 26.9. The smallest absolute Gasteiger partial charge is 0.329 e. The van der Waals surface area contributed by atoms with E-state index in [1.54, 1.807) is 6.92 Å². The number of hydrogen-bond donors (Lipinski definition) is 1. The summed E-state index contributed by atoms with van der Waals surface area (Å²) >= 11 is 1.49. The second kappa shape index (κ2) is 4.94. The van der Waals surface area contributed by atoms with Gasteiger partial charge in [0.15, 0.2) is 0 Å². The Morgan fingerprint density at radius 2 is 2.05 bits per heavy atom. The van der Waals surface area contributed by atoms with Gasteiger partial charge in [0.2, 0.25) is 6.23 Å². The van der Waals surface area contributed by atoms with Gasteiger partial charge in [-0.3, -0.25) is 9.69 Å². The van der Waals surface area contributed by atoms with Gasteiger partial charge in [-0.25, -0.2) is 4.79 Å². The number of aliphatic carboxylic acids is 1. The van der Waals surface area contributed by atoms with Crippen molar-refractivity contribution in [1.29, 1.82) is 0 Å². The quantitative estimate of drug-likeness (QED) is 0.931. The number of ether oxygens (including phenoxy) is 1. The second-order valence-electron chi connectivity index (χ2n) is 5.25. The minimum atomic E-state index is -1.35.